The van der Waals surface area contributed by atoms with Crippen molar-refractivity contribution in [3.63, 3.8) is 0 Å². The van der Waals surface area contributed by atoms with Crippen LogP contribution in [-0.2, 0) is 15.7 Å². The molecule has 176 valence electrons. The summed E-state index contributed by atoms with van der Waals surface area (Å²) in [5.74, 6) is 0.672. The summed E-state index contributed by atoms with van der Waals surface area (Å²) in [6.07, 6.45) is -4.56. The SMILES string of the molecule is CCOCCC(COc1ccc(C(F)(F)F)cc1)CSc1ccc(OC(C)C(=O)O)cc1. The highest BCUT2D eigenvalue weighted by molar-refractivity contribution is 7.99. The van der Waals surface area contributed by atoms with Crippen LogP contribution in [0, 0.1) is 5.92 Å². The van der Waals surface area contributed by atoms with E-state index in [-0.39, 0.29) is 5.92 Å². The number of rotatable bonds is 13. The molecule has 2 atom stereocenters. The van der Waals surface area contributed by atoms with Crippen molar-refractivity contribution in [3.05, 3.63) is 54.1 Å². The van der Waals surface area contributed by atoms with Crippen LogP contribution in [-0.4, -0.2) is 42.8 Å². The van der Waals surface area contributed by atoms with Gasteiger partial charge in [0.25, 0.3) is 0 Å². The van der Waals surface area contributed by atoms with Crippen molar-refractivity contribution >= 4 is 17.7 Å². The summed E-state index contributed by atoms with van der Waals surface area (Å²) in [6, 6.07) is 11.8. The molecule has 5 nitrogen and oxygen atoms in total. The second-order valence-corrected chi connectivity index (χ2v) is 8.16. The molecule has 1 N–H and O–H groups in total. The Labute approximate surface area is 189 Å². The maximum Gasteiger partial charge on any atom is 0.416 e. The van der Waals surface area contributed by atoms with Crippen LogP contribution >= 0.6 is 11.8 Å². The topological polar surface area (TPSA) is 65.0 Å². The number of carboxylic acid groups (broad SMARTS) is 1. The van der Waals surface area contributed by atoms with Crippen molar-refractivity contribution in [2.45, 2.75) is 37.4 Å². The first-order valence-corrected chi connectivity index (χ1v) is 11.2. The zero-order valence-electron chi connectivity index (χ0n) is 17.9. The zero-order chi connectivity index (χ0) is 23.6. The number of carboxylic acids is 1. The van der Waals surface area contributed by atoms with Gasteiger partial charge in [0, 0.05) is 29.8 Å². The molecule has 0 aliphatic carbocycles. The fourth-order valence-electron chi connectivity index (χ4n) is 2.65. The Bertz CT molecular complexity index is 825. The Morgan fingerprint density at radius 1 is 1.06 bits per heavy atom. The highest BCUT2D eigenvalue weighted by Crippen LogP contribution is 2.31. The van der Waals surface area contributed by atoms with Gasteiger partial charge in [0.05, 0.1) is 12.2 Å². The molecular weight excluding hydrogens is 445 g/mol. The number of thioether (sulfide) groups is 1. The molecule has 2 unspecified atom stereocenters. The summed E-state index contributed by atoms with van der Waals surface area (Å²) in [5.41, 5.74) is -0.710. The van der Waals surface area contributed by atoms with Gasteiger partial charge in [-0.2, -0.15) is 13.2 Å². The molecule has 0 saturated heterocycles. The minimum Gasteiger partial charge on any atom is -0.493 e. The average Bonchev–Trinajstić information content (AvgIpc) is 2.76. The molecule has 32 heavy (non-hydrogen) atoms. The molecule has 2 aromatic rings. The lowest BCUT2D eigenvalue weighted by atomic mass is 10.1. The largest absolute Gasteiger partial charge is 0.493 e. The van der Waals surface area contributed by atoms with Gasteiger partial charge in [0.15, 0.2) is 6.10 Å². The van der Waals surface area contributed by atoms with Gasteiger partial charge in [0.2, 0.25) is 0 Å². The number of alkyl halides is 3. The van der Waals surface area contributed by atoms with E-state index in [0.717, 1.165) is 29.2 Å². The zero-order valence-corrected chi connectivity index (χ0v) is 18.7. The van der Waals surface area contributed by atoms with Crippen molar-refractivity contribution < 1.29 is 37.3 Å². The molecule has 0 aliphatic heterocycles. The van der Waals surface area contributed by atoms with Crippen LogP contribution < -0.4 is 9.47 Å². The average molecular weight is 473 g/mol. The Balaban J connectivity index is 1.90. The number of carbonyl (C=O) groups is 1. The number of ether oxygens (including phenoxy) is 3. The van der Waals surface area contributed by atoms with E-state index in [1.165, 1.54) is 19.1 Å². The molecule has 9 heteroatoms. The molecule has 0 aromatic heterocycles. The third-order valence-electron chi connectivity index (χ3n) is 4.51. The number of hydrogen-bond donors (Lipinski definition) is 1. The number of halogens is 3. The van der Waals surface area contributed by atoms with Crippen molar-refractivity contribution in [3.8, 4) is 11.5 Å². The van der Waals surface area contributed by atoms with E-state index in [4.69, 9.17) is 19.3 Å². The van der Waals surface area contributed by atoms with Gasteiger partial charge in [-0.1, -0.05) is 0 Å². The Morgan fingerprint density at radius 2 is 1.69 bits per heavy atom. The molecule has 0 radical (unpaired) electrons. The lowest BCUT2D eigenvalue weighted by Crippen LogP contribution is -2.22. The Kier molecular flexibility index (Phi) is 10.2. The molecule has 0 saturated carbocycles. The maximum atomic E-state index is 12.7. The molecular formula is C23H27F3O5S. The van der Waals surface area contributed by atoms with E-state index in [1.54, 1.807) is 23.9 Å². The predicted molar refractivity (Wildman–Crippen MR) is 116 cm³/mol. The summed E-state index contributed by atoms with van der Waals surface area (Å²) < 4.78 is 54.6. The molecule has 0 spiro atoms. The van der Waals surface area contributed by atoms with Crippen LogP contribution in [0.4, 0.5) is 13.2 Å². The molecule has 0 heterocycles. The highest BCUT2D eigenvalue weighted by Gasteiger charge is 2.30. The van der Waals surface area contributed by atoms with Crippen LogP contribution in [0.25, 0.3) is 0 Å². The third kappa shape index (κ3) is 9.00. The van der Waals surface area contributed by atoms with Crippen LogP contribution in [0.15, 0.2) is 53.4 Å². The van der Waals surface area contributed by atoms with Gasteiger partial charge in [-0.25, -0.2) is 4.79 Å². The summed E-state index contributed by atoms with van der Waals surface area (Å²) in [5, 5.41) is 8.91. The fourth-order valence-corrected chi connectivity index (χ4v) is 3.67. The minimum atomic E-state index is -4.37. The summed E-state index contributed by atoms with van der Waals surface area (Å²) in [4.78, 5) is 11.9. The molecule has 0 amide bonds. The van der Waals surface area contributed by atoms with Crippen molar-refractivity contribution in [1.82, 2.24) is 0 Å². The number of hydrogen-bond acceptors (Lipinski definition) is 5. The second-order valence-electron chi connectivity index (χ2n) is 7.07. The monoisotopic (exact) mass is 472 g/mol. The van der Waals surface area contributed by atoms with E-state index in [1.807, 2.05) is 19.1 Å². The lowest BCUT2D eigenvalue weighted by Gasteiger charge is -2.18. The molecule has 2 aromatic carbocycles. The van der Waals surface area contributed by atoms with E-state index >= 15 is 0 Å². The first-order chi connectivity index (χ1) is 15.2. The van der Waals surface area contributed by atoms with Gasteiger partial charge >= 0.3 is 12.1 Å². The van der Waals surface area contributed by atoms with Gasteiger partial charge in [-0.15, -0.1) is 11.8 Å². The number of aliphatic carboxylic acids is 1. The fraction of sp³-hybridized carbons (Fsp3) is 0.435. The van der Waals surface area contributed by atoms with Gasteiger partial charge < -0.3 is 19.3 Å². The Hall–Kier alpha value is -2.39. The van der Waals surface area contributed by atoms with E-state index in [0.29, 0.717) is 31.3 Å². The molecule has 0 aliphatic rings. The molecule has 0 fully saturated rings. The smallest absolute Gasteiger partial charge is 0.416 e. The summed E-state index contributed by atoms with van der Waals surface area (Å²) >= 11 is 1.61. The molecule has 2 rings (SSSR count). The quantitative estimate of drug-likeness (QED) is 0.295. The lowest BCUT2D eigenvalue weighted by molar-refractivity contribution is -0.144. The number of benzene rings is 2. The Morgan fingerprint density at radius 3 is 2.25 bits per heavy atom. The van der Waals surface area contributed by atoms with Crippen molar-refractivity contribution in [2.75, 3.05) is 25.6 Å². The van der Waals surface area contributed by atoms with Crippen LogP contribution in [0.1, 0.15) is 25.8 Å². The third-order valence-corrected chi connectivity index (χ3v) is 5.76. The minimum absolute atomic E-state index is 0.122. The van der Waals surface area contributed by atoms with Crippen molar-refractivity contribution in [2.24, 2.45) is 5.92 Å². The van der Waals surface area contributed by atoms with Gasteiger partial charge in [-0.05, 0) is 68.8 Å². The van der Waals surface area contributed by atoms with Gasteiger partial charge in [0.1, 0.15) is 11.5 Å². The van der Waals surface area contributed by atoms with Crippen molar-refractivity contribution in [1.29, 1.82) is 0 Å². The van der Waals surface area contributed by atoms with Crippen LogP contribution in [0.2, 0.25) is 0 Å². The highest BCUT2D eigenvalue weighted by atomic mass is 32.2. The second kappa shape index (κ2) is 12.6. The van der Waals surface area contributed by atoms with Crippen LogP contribution in [0.3, 0.4) is 0 Å². The summed E-state index contributed by atoms with van der Waals surface area (Å²) in [7, 11) is 0. The standard InChI is InChI=1S/C23H27F3O5S/c1-3-29-13-12-17(14-30-19-6-4-18(5-7-19)23(24,25)26)15-32-21-10-8-20(9-11-21)31-16(2)22(27)28/h4-11,16-17H,3,12-15H2,1-2H3,(H,27,28). The molecule has 0 bridgehead atoms. The summed E-state index contributed by atoms with van der Waals surface area (Å²) in [6.45, 7) is 4.90. The first-order valence-electron chi connectivity index (χ1n) is 10.2. The van der Waals surface area contributed by atoms with Crippen LogP contribution in [0.5, 0.6) is 11.5 Å². The van der Waals surface area contributed by atoms with E-state index in [2.05, 4.69) is 0 Å². The first kappa shape index (κ1) is 25.9. The van der Waals surface area contributed by atoms with Gasteiger partial charge in [-0.3, -0.25) is 0 Å². The predicted octanol–water partition coefficient (Wildman–Crippen LogP) is 5.77. The van der Waals surface area contributed by atoms with E-state index < -0.39 is 23.8 Å². The van der Waals surface area contributed by atoms with E-state index in [9.17, 15) is 18.0 Å². The maximum absolute atomic E-state index is 12.7. The normalized spacial score (nSPS) is 13.4.